The number of carbonyl (C=O) groups excluding carboxylic acids is 2. The fourth-order valence-corrected chi connectivity index (χ4v) is 4.17. The van der Waals surface area contributed by atoms with Gasteiger partial charge in [0, 0.05) is 38.2 Å². The molecule has 1 spiro atoms. The third kappa shape index (κ3) is 3.80. The lowest BCUT2D eigenvalue weighted by atomic mass is 9.90. The topological polar surface area (TPSA) is 83.6 Å². The summed E-state index contributed by atoms with van der Waals surface area (Å²) in [7, 11) is 0. The van der Waals surface area contributed by atoms with Gasteiger partial charge in [-0.15, -0.1) is 0 Å². The van der Waals surface area contributed by atoms with Gasteiger partial charge in [0.25, 0.3) is 11.8 Å². The van der Waals surface area contributed by atoms with Gasteiger partial charge in [0.2, 0.25) is 0 Å². The fraction of sp³-hybridized carbons (Fsp3) is 0.526. The van der Waals surface area contributed by atoms with Gasteiger partial charge in [-0.2, -0.15) is 0 Å². The van der Waals surface area contributed by atoms with E-state index in [1.54, 1.807) is 23.2 Å². The van der Waals surface area contributed by atoms with E-state index < -0.39 is 5.60 Å². The molecule has 1 aliphatic carbocycles. The van der Waals surface area contributed by atoms with Gasteiger partial charge in [-0.3, -0.25) is 19.9 Å². The van der Waals surface area contributed by atoms with Crippen molar-refractivity contribution < 1.29 is 14.4 Å². The summed E-state index contributed by atoms with van der Waals surface area (Å²) < 4.78 is 0. The molecule has 0 atom stereocenters. The van der Waals surface area contributed by atoms with Crippen molar-refractivity contribution >= 4 is 23.4 Å². The predicted octanol–water partition coefficient (Wildman–Crippen LogP) is 2.19. The first-order chi connectivity index (χ1) is 13.1. The Morgan fingerprint density at radius 2 is 2.04 bits per heavy atom. The van der Waals surface area contributed by atoms with E-state index in [-0.39, 0.29) is 23.0 Å². The molecule has 2 N–H and O–H groups in total. The summed E-state index contributed by atoms with van der Waals surface area (Å²) in [4.78, 5) is 36.5. The van der Waals surface area contributed by atoms with Crippen molar-refractivity contribution in [2.45, 2.75) is 50.2 Å². The van der Waals surface area contributed by atoms with Gasteiger partial charge in [-0.1, -0.05) is 24.4 Å². The molecule has 4 rings (SSSR count). The largest absolute Gasteiger partial charge is 0.348 e. The minimum absolute atomic E-state index is 0.112. The fourth-order valence-electron chi connectivity index (χ4n) is 3.97. The molecule has 2 aliphatic heterocycles. The first kappa shape index (κ1) is 18.3. The minimum Gasteiger partial charge on any atom is -0.348 e. The van der Waals surface area contributed by atoms with Crippen LogP contribution in [0.3, 0.4) is 0 Å². The number of carbonyl (C=O) groups is 2. The second-order valence-corrected chi connectivity index (χ2v) is 7.77. The summed E-state index contributed by atoms with van der Waals surface area (Å²) in [6.07, 6.45) is 9.08. The van der Waals surface area contributed by atoms with Crippen molar-refractivity contribution in [3.8, 4) is 0 Å². The molecule has 8 heteroatoms. The zero-order valence-corrected chi connectivity index (χ0v) is 15.8. The number of rotatable bonds is 3. The molecular formula is C19H23ClN4O3. The molecule has 1 saturated carbocycles. The van der Waals surface area contributed by atoms with Crippen LogP contribution >= 0.6 is 11.6 Å². The average molecular weight is 391 g/mol. The molecular weight excluding hydrogens is 368 g/mol. The van der Waals surface area contributed by atoms with E-state index in [4.69, 9.17) is 16.4 Å². The summed E-state index contributed by atoms with van der Waals surface area (Å²) in [5, 5.41) is 3.28. The van der Waals surface area contributed by atoms with Crippen LogP contribution < -0.4 is 10.8 Å². The molecule has 0 bridgehead atoms. The maximum Gasteiger partial charge on any atom is 0.269 e. The summed E-state index contributed by atoms with van der Waals surface area (Å²) in [5.74, 6) is -0.239. The third-order valence-corrected chi connectivity index (χ3v) is 5.89. The maximum absolute atomic E-state index is 12.7. The Morgan fingerprint density at radius 1 is 1.30 bits per heavy atom. The zero-order chi connectivity index (χ0) is 18.9. The standard InChI is InChI=1S/C19H23ClN4O3/c20-16-14(6-3-9-21-16)18(26)24-10-7-19(8-11-24)12-15(23-27-19)17(25)22-13-4-1-2-5-13/h3,6,9,12-13,23H,1-2,4-5,7-8,10-11H2,(H,22,25). The van der Waals surface area contributed by atoms with E-state index in [1.165, 1.54) is 12.8 Å². The van der Waals surface area contributed by atoms with Crippen LogP contribution in [0.25, 0.3) is 0 Å². The monoisotopic (exact) mass is 390 g/mol. The molecule has 0 radical (unpaired) electrons. The number of aromatic nitrogens is 1. The molecule has 2 amide bonds. The molecule has 0 unspecified atom stereocenters. The second-order valence-electron chi connectivity index (χ2n) is 7.42. The Hall–Kier alpha value is -2.12. The highest BCUT2D eigenvalue weighted by molar-refractivity contribution is 6.32. The van der Waals surface area contributed by atoms with E-state index in [9.17, 15) is 9.59 Å². The quantitative estimate of drug-likeness (QED) is 0.773. The number of pyridine rings is 1. The minimum atomic E-state index is -0.544. The van der Waals surface area contributed by atoms with Gasteiger partial charge in [-0.25, -0.2) is 4.98 Å². The molecule has 3 aliphatic rings. The summed E-state index contributed by atoms with van der Waals surface area (Å²) in [6, 6.07) is 3.65. The Bertz CT molecular complexity index is 768. The van der Waals surface area contributed by atoms with Gasteiger partial charge >= 0.3 is 0 Å². The second kappa shape index (κ2) is 7.48. The highest BCUT2D eigenvalue weighted by Crippen LogP contribution is 2.33. The number of hydrogen-bond acceptors (Lipinski definition) is 5. The van der Waals surface area contributed by atoms with Crippen LogP contribution in [0, 0.1) is 0 Å². The predicted molar refractivity (Wildman–Crippen MR) is 99.8 cm³/mol. The first-order valence-electron chi connectivity index (χ1n) is 9.44. The number of hydroxylamine groups is 1. The lowest BCUT2D eigenvalue weighted by molar-refractivity contribution is -0.120. The van der Waals surface area contributed by atoms with Crippen LogP contribution in [0.1, 0.15) is 48.9 Å². The van der Waals surface area contributed by atoms with E-state index in [2.05, 4.69) is 15.8 Å². The van der Waals surface area contributed by atoms with Crippen molar-refractivity contribution in [1.29, 1.82) is 0 Å². The Morgan fingerprint density at radius 3 is 2.74 bits per heavy atom. The van der Waals surface area contributed by atoms with Gasteiger partial charge in [-0.05, 0) is 31.1 Å². The van der Waals surface area contributed by atoms with Gasteiger partial charge < -0.3 is 10.2 Å². The van der Waals surface area contributed by atoms with Crippen molar-refractivity contribution in [3.63, 3.8) is 0 Å². The lowest BCUT2D eigenvalue weighted by Gasteiger charge is -2.36. The zero-order valence-electron chi connectivity index (χ0n) is 15.0. The van der Waals surface area contributed by atoms with E-state index >= 15 is 0 Å². The molecule has 1 saturated heterocycles. The van der Waals surface area contributed by atoms with Crippen molar-refractivity contribution in [2.75, 3.05) is 13.1 Å². The third-order valence-electron chi connectivity index (χ3n) is 5.59. The smallest absolute Gasteiger partial charge is 0.269 e. The number of likely N-dealkylation sites (tertiary alicyclic amines) is 1. The number of halogens is 1. The van der Waals surface area contributed by atoms with E-state index in [0.29, 0.717) is 37.2 Å². The molecule has 2 fully saturated rings. The molecule has 27 heavy (non-hydrogen) atoms. The number of hydrogen-bond donors (Lipinski definition) is 2. The number of nitrogens with one attached hydrogen (secondary N) is 2. The van der Waals surface area contributed by atoms with E-state index in [0.717, 1.165) is 12.8 Å². The van der Waals surface area contributed by atoms with Crippen LogP contribution in [0.15, 0.2) is 30.1 Å². The summed E-state index contributed by atoms with van der Waals surface area (Å²) >= 11 is 6.04. The normalized spacial score (nSPS) is 21.8. The molecule has 0 aromatic carbocycles. The Labute approximate surface area is 163 Å². The molecule has 1 aromatic rings. The maximum atomic E-state index is 12.7. The van der Waals surface area contributed by atoms with Gasteiger partial charge in [0.05, 0.1) is 5.56 Å². The van der Waals surface area contributed by atoms with Crippen LogP contribution in [-0.4, -0.2) is 46.4 Å². The van der Waals surface area contributed by atoms with Crippen LogP contribution in [0.5, 0.6) is 0 Å². The highest BCUT2D eigenvalue weighted by atomic mass is 35.5. The van der Waals surface area contributed by atoms with Crippen molar-refractivity contribution in [1.82, 2.24) is 20.7 Å². The van der Waals surface area contributed by atoms with Crippen LogP contribution in [0.2, 0.25) is 5.15 Å². The van der Waals surface area contributed by atoms with Gasteiger partial charge in [0.1, 0.15) is 16.5 Å². The Balaban J connectivity index is 1.37. The molecule has 3 heterocycles. The highest BCUT2D eigenvalue weighted by Gasteiger charge is 2.41. The van der Waals surface area contributed by atoms with Crippen molar-refractivity contribution in [3.05, 3.63) is 40.8 Å². The molecule has 1 aromatic heterocycles. The SMILES string of the molecule is O=C(NC1CCCC1)C1=CC2(CCN(C(=O)c3cccnc3Cl)CC2)ON1. The van der Waals surface area contributed by atoms with Crippen LogP contribution in [0.4, 0.5) is 0 Å². The number of nitrogens with zero attached hydrogens (tertiary/aromatic N) is 2. The lowest BCUT2D eigenvalue weighted by Crippen LogP contribution is -2.46. The van der Waals surface area contributed by atoms with Gasteiger partial charge in [0.15, 0.2) is 0 Å². The summed E-state index contributed by atoms with van der Waals surface area (Å²) in [6.45, 7) is 1.06. The van der Waals surface area contributed by atoms with Crippen LogP contribution in [-0.2, 0) is 9.63 Å². The number of piperidine rings is 1. The first-order valence-corrected chi connectivity index (χ1v) is 9.82. The number of amides is 2. The van der Waals surface area contributed by atoms with Crippen molar-refractivity contribution in [2.24, 2.45) is 0 Å². The summed E-state index contributed by atoms with van der Waals surface area (Å²) in [5.41, 5.74) is 3.13. The molecule has 7 nitrogen and oxygen atoms in total. The Kier molecular flexibility index (Phi) is 5.06. The average Bonchev–Trinajstić information content (AvgIpc) is 3.33. The van der Waals surface area contributed by atoms with E-state index in [1.807, 2.05) is 6.08 Å². The molecule has 144 valence electrons.